The zero-order valence-electron chi connectivity index (χ0n) is 11.8. The highest BCUT2D eigenvalue weighted by Gasteiger charge is 1.98. The molecule has 0 N–H and O–H groups in total. The molecule has 0 amide bonds. The van der Waals surface area contributed by atoms with Gasteiger partial charge in [0.1, 0.15) is 0 Å². The molecule has 4 rings (SSSR count). The summed E-state index contributed by atoms with van der Waals surface area (Å²) in [7, 11) is 0. The van der Waals surface area contributed by atoms with Crippen LogP contribution in [0.2, 0.25) is 0 Å². The van der Waals surface area contributed by atoms with Gasteiger partial charge >= 0.3 is 0 Å². The van der Waals surface area contributed by atoms with Gasteiger partial charge in [-0.1, -0.05) is 24.3 Å². The fourth-order valence-electron chi connectivity index (χ4n) is 2.27. The molecule has 108 valence electrons. The Morgan fingerprint density at radius 1 is 0.500 bits per heavy atom. The third-order valence-corrected chi connectivity index (χ3v) is 3.34. The Balaban J connectivity index is 0.000000131. The molecule has 0 aliphatic carbocycles. The summed E-state index contributed by atoms with van der Waals surface area (Å²) in [5, 5.41) is 24.1. The highest BCUT2D eigenvalue weighted by molar-refractivity contribution is 5.75. The summed E-state index contributed by atoms with van der Waals surface area (Å²) in [6.45, 7) is 0. The Morgan fingerprint density at radius 2 is 0.864 bits per heavy atom. The second kappa shape index (κ2) is 6.10. The van der Waals surface area contributed by atoms with E-state index < -0.39 is 0 Å². The van der Waals surface area contributed by atoms with Gasteiger partial charge in [-0.05, 0) is 24.3 Å². The molecule has 22 heavy (non-hydrogen) atoms. The van der Waals surface area contributed by atoms with E-state index in [1.165, 1.54) is 12.4 Å². The number of nitrogens with zero attached hydrogens (tertiary/aromatic N) is 2. The van der Waals surface area contributed by atoms with Crippen LogP contribution in [0.5, 0.6) is 0 Å². The van der Waals surface area contributed by atoms with Gasteiger partial charge in [-0.25, -0.2) is 0 Å². The molecule has 0 radical (unpaired) electrons. The Hall–Kier alpha value is -3.14. The third kappa shape index (κ3) is 2.81. The molecule has 4 nitrogen and oxygen atoms in total. The van der Waals surface area contributed by atoms with Gasteiger partial charge in [0.15, 0.2) is 12.4 Å². The largest absolute Gasteiger partial charge is 0.618 e. The summed E-state index contributed by atoms with van der Waals surface area (Å²) in [6.07, 6.45) is 3.00. The van der Waals surface area contributed by atoms with Crippen LogP contribution in [0.15, 0.2) is 85.2 Å². The second-order valence-corrected chi connectivity index (χ2v) is 4.79. The number of rotatable bonds is 0. The van der Waals surface area contributed by atoms with Crippen LogP contribution in [0.3, 0.4) is 0 Å². The Bertz CT molecular complexity index is 835. The lowest BCUT2D eigenvalue weighted by Gasteiger charge is -1.98. The van der Waals surface area contributed by atoms with Crippen molar-refractivity contribution in [1.29, 1.82) is 0 Å². The van der Waals surface area contributed by atoms with Crippen LogP contribution >= 0.6 is 0 Å². The number of pyridine rings is 2. The average molecular weight is 290 g/mol. The molecule has 0 spiro atoms. The molecule has 4 aromatic rings. The SMILES string of the molecule is [O-][n+]1cccc2ccccc21.[O-][n+]1cccc2ccccc21. The minimum atomic E-state index is 0.718. The lowest BCUT2D eigenvalue weighted by Crippen LogP contribution is -2.25. The molecule has 2 aromatic carbocycles. The van der Waals surface area contributed by atoms with Crippen molar-refractivity contribution in [1.82, 2.24) is 0 Å². The normalized spacial score (nSPS) is 10.2. The zero-order valence-corrected chi connectivity index (χ0v) is 11.8. The van der Waals surface area contributed by atoms with E-state index in [4.69, 9.17) is 0 Å². The van der Waals surface area contributed by atoms with E-state index in [0.717, 1.165) is 31.3 Å². The monoisotopic (exact) mass is 290 g/mol. The van der Waals surface area contributed by atoms with Crippen LogP contribution < -0.4 is 9.46 Å². The maximum atomic E-state index is 11.1. The minimum absolute atomic E-state index is 0.718. The van der Waals surface area contributed by atoms with Gasteiger partial charge in [0.2, 0.25) is 11.0 Å². The van der Waals surface area contributed by atoms with E-state index in [-0.39, 0.29) is 0 Å². The minimum Gasteiger partial charge on any atom is -0.618 e. The summed E-state index contributed by atoms with van der Waals surface area (Å²) in [4.78, 5) is 0. The first-order valence-corrected chi connectivity index (χ1v) is 6.89. The number of para-hydroxylation sites is 2. The van der Waals surface area contributed by atoms with Gasteiger partial charge in [-0.2, -0.15) is 9.46 Å². The first-order chi connectivity index (χ1) is 10.8. The third-order valence-electron chi connectivity index (χ3n) is 3.34. The fraction of sp³-hybridized carbons (Fsp3) is 0. The van der Waals surface area contributed by atoms with E-state index in [1.54, 1.807) is 12.1 Å². The summed E-state index contributed by atoms with van der Waals surface area (Å²) in [5.74, 6) is 0. The molecule has 0 saturated carbocycles. The molecular weight excluding hydrogens is 276 g/mol. The predicted octanol–water partition coefficient (Wildman–Crippen LogP) is 2.95. The summed E-state index contributed by atoms with van der Waals surface area (Å²) < 4.78 is 1.74. The number of hydrogen-bond donors (Lipinski definition) is 0. The fourth-order valence-corrected chi connectivity index (χ4v) is 2.27. The van der Waals surface area contributed by atoms with Crippen LogP contribution in [0.1, 0.15) is 0 Å². The maximum absolute atomic E-state index is 11.1. The van der Waals surface area contributed by atoms with Crippen LogP contribution in [0.25, 0.3) is 21.8 Å². The van der Waals surface area contributed by atoms with Crippen molar-refractivity contribution in [3.8, 4) is 0 Å². The van der Waals surface area contributed by atoms with Crippen molar-refractivity contribution in [2.75, 3.05) is 0 Å². The molecule has 0 unspecified atom stereocenters. The molecule has 0 saturated heterocycles. The Kier molecular flexibility index (Phi) is 3.83. The van der Waals surface area contributed by atoms with Gasteiger partial charge in [-0.3, -0.25) is 0 Å². The van der Waals surface area contributed by atoms with Crippen LogP contribution in [0.4, 0.5) is 0 Å². The molecule has 0 aliphatic heterocycles. The topological polar surface area (TPSA) is 53.9 Å². The maximum Gasteiger partial charge on any atom is 0.223 e. The van der Waals surface area contributed by atoms with Crippen molar-refractivity contribution in [2.24, 2.45) is 0 Å². The number of aromatic nitrogens is 2. The molecular formula is C18H14N2O2. The van der Waals surface area contributed by atoms with Crippen molar-refractivity contribution in [3.05, 3.63) is 95.6 Å². The Morgan fingerprint density at radius 3 is 1.27 bits per heavy atom. The van der Waals surface area contributed by atoms with Crippen LogP contribution in [0, 0.1) is 10.4 Å². The van der Waals surface area contributed by atoms with Crippen molar-refractivity contribution < 1.29 is 9.46 Å². The average Bonchev–Trinajstić information content (AvgIpc) is 2.57. The predicted molar refractivity (Wildman–Crippen MR) is 85.8 cm³/mol. The van der Waals surface area contributed by atoms with Crippen molar-refractivity contribution >= 4 is 21.8 Å². The molecule has 4 heteroatoms. The molecule has 0 bridgehead atoms. The van der Waals surface area contributed by atoms with Crippen LogP contribution in [-0.2, 0) is 0 Å². The van der Waals surface area contributed by atoms with Gasteiger partial charge < -0.3 is 10.4 Å². The first-order valence-electron chi connectivity index (χ1n) is 6.89. The zero-order chi connectivity index (χ0) is 15.4. The van der Waals surface area contributed by atoms with Crippen molar-refractivity contribution in [2.45, 2.75) is 0 Å². The highest BCUT2D eigenvalue weighted by atomic mass is 16.5. The lowest BCUT2D eigenvalue weighted by atomic mass is 10.2. The number of benzene rings is 2. The van der Waals surface area contributed by atoms with E-state index in [9.17, 15) is 10.4 Å². The first kappa shape index (κ1) is 13.8. The van der Waals surface area contributed by atoms with Gasteiger partial charge in [0, 0.05) is 35.0 Å². The van der Waals surface area contributed by atoms with E-state index in [0.29, 0.717) is 0 Å². The second-order valence-electron chi connectivity index (χ2n) is 4.79. The standard InChI is InChI=1S/2C9H7NO/c2*11-10-7-3-5-8-4-1-2-6-9(8)10/h2*1-7H. The molecule has 2 heterocycles. The van der Waals surface area contributed by atoms with E-state index >= 15 is 0 Å². The summed E-state index contributed by atoms with van der Waals surface area (Å²) in [5.41, 5.74) is 1.44. The number of fused-ring (bicyclic) bond motifs is 2. The number of hydrogen-bond acceptors (Lipinski definition) is 2. The van der Waals surface area contributed by atoms with Gasteiger partial charge in [0.25, 0.3) is 0 Å². The smallest absolute Gasteiger partial charge is 0.223 e. The Labute approximate surface area is 127 Å². The molecule has 0 fully saturated rings. The van der Waals surface area contributed by atoms with E-state index in [1.807, 2.05) is 60.7 Å². The molecule has 0 aliphatic rings. The van der Waals surface area contributed by atoms with Crippen molar-refractivity contribution in [3.63, 3.8) is 0 Å². The van der Waals surface area contributed by atoms with Crippen LogP contribution in [-0.4, -0.2) is 0 Å². The lowest BCUT2D eigenvalue weighted by molar-refractivity contribution is -0.577. The van der Waals surface area contributed by atoms with Gasteiger partial charge in [0.05, 0.1) is 0 Å². The summed E-state index contributed by atoms with van der Waals surface area (Å²) in [6, 6.07) is 22.3. The molecule has 2 aromatic heterocycles. The quantitative estimate of drug-likeness (QED) is 0.369. The highest BCUT2D eigenvalue weighted by Crippen LogP contribution is 2.07. The van der Waals surface area contributed by atoms with E-state index in [2.05, 4.69) is 0 Å². The molecule has 0 atom stereocenters. The summed E-state index contributed by atoms with van der Waals surface area (Å²) >= 11 is 0. The van der Waals surface area contributed by atoms with Gasteiger partial charge in [-0.15, -0.1) is 0 Å².